The summed E-state index contributed by atoms with van der Waals surface area (Å²) < 4.78 is 9.45. The number of hydrogen-bond acceptors (Lipinski definition) is 4. The maximum Gasteiger partial charge on any atom is 0.220 e. The molecule has 0 amide bonds. The van der Waals surface area contributed by atoms with E-state index in [0.717, 1.165) is 97.6 Å². The molecule has 5 heterocycles. The van der Waals surface area contributed by atoms with Gasteiger partial charge in [-0.2, -0.15) is 5.26 Å². The number of aromatic nitrogens is 3. The van der Waals surface area contributed by atoms with Crippen LogP contribution in [0.1, 0.15) is 5.56 Å². The molecule has 0 atom stereocenters. The molecule has 0 radical (unpaired) electrons. The van der Waals surface area contributed by atoms with E-state index in [0.29, 0.717) is 22.5 Å². The van der Waals surface area contributed by atoms with Gasteiger partial charge in [0, 0.05) is 79.9 Å². The van der Waals surface area contributed by atoms with Gasteiger partial charge in [-0.3, -0.25) is 4.98 Å². The molecule has 0 bridgehead atoms. The summed E-state index contributed by atoms with van der Waals surface area (Å²) in [4.78, 5) is 9.55. The van der Waals surface area contributed by atoms with E-state index in [4.69, 9.17) is 4.98 Å². The lowest BCUT2D eigenvalue weighted by Crippen LogP contribution is -2.09. The van der Waals surface area contributed by atoms with Gasteiger partial charge in [0.05, 0.1) is 56.5 Å². The first-order valence-corrected chi connectivity index (χ1v) is 24.2. The predicted molar refractivity (Wildman–Crippen MR) is 287 cm³/mol. The molecule has 0 N–H and O–H groups in total. The van der Waals surface area contributed by atoms with Crippen LogP contribution in [0.3, 0.4) is 0 Å². The number of nitriles is 1. The van der Waals surface area contributed by atoms with Crippen LogP contribution >= 0.6 is 22.7 Å². The van der Waals surface area contributed by atoms with E-state index in [1.54, 1.807) is 22.7 Å². The lowest BCUT2D eigenvalue weighted by Gasteiger charge is -2.26. The zero-order valence-electron chi connectivity index (χ0n) is 36.0. The summed E-state index contributed by atoms with van der Waals surface area (Å²) in [5.41, 5.74) is 9.33. The van der Waals surface area contributed by atoms with Gasteiger partial charge >= 0.3 is 0 Å². The Balaban J connectivity index is 1.27. The highest BCUT2D eigenvalue weighted by Crippen LogP contribution is 2.55. The summed E-state index contributed by atoms with van der Waals surface area (Å²) in [6, 6.07) is 64.9. The van der Waals surface area contributed by atoms with Crippen molar-refractivity contribution in [2.45, 2.75) is 0 Å². The van der Waals surface area contributed by atoms with Crippen LogP contribution in [0, 0.1) is 17.9 Å². The van der Waals surface area contributed by atoms with Gasteiger partial charge in [0.25, 0.3) is 0 Å². The van der Waals surface area contributed by atoms with Crippen molar-refractivity contribution in [1.29, 1.82) is 5.26 Å². The Hall–Kier alpha value is -8.85. The first-order valence-electron chi connectivity index (χ1n) is 22.5. The van der Waals surface area contributed by atoms with Gasteiger partial charge in [0.2, 0.25) is 5.69 Å². The second-order valence-corrected chi connectivity index (χ2v) is 19.6. The molecule has 0 unspecified atom stereocenters. The molecule has 0 aliphatic rings. The second-order valence-electron chi connectivity index (χ2n) is 17.5. The maximum absolute atomic E-state index is 12.1. The first-order chi connectivity index (χ1) is 33.7. The highest BCUT2D eigenvalue weighted by atomic mass is 32.1. The van der Waals surface area contributed by atoms with E-state index in [-0.39, 0.29) is 0 Å². The van der Waals surface area contributed by atoms with Gasteiger partial charge in [-0.25, -0.2) is 4.85 Å². The Morgan fingerprint density at radius 2 is 1.04 bits per heavy atom. The quantitative estimate of drug-likeness (QED) is 0.131. The normalized spacial score (nSPS) is 12.1. The summed E-state index contributed by atoms with van der Waals surface area (Å²) >= 11 is 3.59. The standard InChI is InChI=1S/C61H31N5S2/c1-63-56-51(34-15-4-2-5-16-34)44(31-62)58(52(35-17-6-3-7-18-35)60(56)65-46-24-14-23-39-36-19-8-9-20-37(36)45-32-64-33-47(65)54(45)53(39)46)66-57-40(29-30-50-55(57)43-22-11-13-26-49(43)67-50)41-27-28-42-38-21-10-12-25-48(38)68-61(42)59(41)66/h2-30,32-33H. The minimum atomic E-state index is 0.403. The van der Waals surface area contributed by atoms with Crippen LogP contribution in [-0.4, -0.2) is 14.1 Å². The van der Waals surface area contributed by atoms with Crippen LogP contribution in [0.2, 0.25) is 0 Å². The fourth-order valence-corrected chi connectivity index (χ4v) is 13.9. The number of nitrogens with zero attached hydrogens (tertiary/aromatic N) is 5. The van der Waals surface area contributed by atoms with Crippen molar-refractivity contribution in [1.82, 2.24) is 14.1 Å². The van der Waals surface area contributed by atoms with Crippen LogP contribution in [0.5, 0.6) is 0 Å². The fourth-order valence-electron chi connectivity index (χ4n) is 11.6. The summed E-state index contributed by atoms with van der Waals surface area (Å²) in [5, 5.41) is 25.7. The third kappa shape index (κ3) is 4.78. The molecule has 0 aliphatic heterocycles. The molecule has 0 spiro atoms. The predicted octanol–water partition coefficient (Wildman–Crippen LogP) is 17.5. The number of fused-ring (bicyclic) bond motifs is 14. The molecule has 0 fully saturated rings. The van der Waals surface area contributed by atoms with Crippen molar-refractivity contribution in [3.63, 3.8) is 0 Å². The molecule has 5 nitrogen and oxygen atoms in total. The number of hydrogen-bond donors (Lipinski definition) is 0. The Morgan fingerprint density at radius 1 is 0.441 bits per heavy atom. The van der Waals surface area contributed by atoms with Crippen molar-refractivity contribution in [2.75, 3.05) is 0 Å². The van der Waals surface area contributed by atoms with E-state index in [9.17, 15) is 11.8 Å². The molecule has 68 heavy (non-hydrogen) atoms. The average Bonchev–Trinajstić information content (AvgIpc) is 4.16. The zero-order valence-corrected chi connectivity index (χ0v) is 37.6. The van der Waals surface area contributed by atoms with Gasteiger partial charge in [0.1, 0.15) is 6.07 Å². The maximum atomic E-state index is 12.1. The average molecular weight is 898 g/mol. The SMILES string of the molecule is [C-]#[N+]c1c(-c2ccccc2)c(C#N)c(-n2c3c(ccc4c5ccccc5sc43)c3ccc4sc5ccccc5c4c32)c(-c2ccccc2)c1-n1c2cccc3c4ccccc4c4cncc1c4c32. The summed E-state index contributed by atoms with van der Waals surface area (Å²) in [5.74, 6) is 0. The van der Waals surface area contributed by atoms with Gasteiger partial charge < -0.3 is 9.13 Å². The molecule has 0 saturated heterocycles. The minimum absolute atomic E-state index is 0.403. The van der Waals surface area contributed by atoms with E-state index < -0.39 is 0 Å². The molecule has 0 aliphatic carbocycles. The Morgan fingerprint density at radius 3 is 1.79 bits per heavy atom. The Kier molecular flexibility index (Phi) is 7.61. The smallest absolute Gasteiger partial charge is 0.220 e. The zero-order chi connectivity index (χ0) is 44.8. The number of pyridine rings is 1. The van der Waals surface area contributed by atoms with Crippen LogP contribution in [-0.2, 0) is 0 Å². The molecule has 10 aromatic carbocycles. The number of benzene rings is 10. The topological polar surface area (TPSA) is 50.9 Å². The van der Waals surface area contributed by atoms with Crippen molar-refractivity contribution in [2.24, 2.45) is 0 Å². The van der Waals surface area contributed by atoms with Crippen molar-refractivity contribution in [3.8, 4) is 39.7 Å². The Bertz CT molecular complexity index is 4660. The molecule has 15 aromatic rings. The minimum Gasteiger partial charge on any atom is -0.317 e. The van der Waals surface area contributed by atoms with Crippen LogP contribution in [0.4, 0.5) is 5.69 Å². The lowest BCUT2D eigenvalue weighted by molar-refractivity contribution is 1.14. The summed E-state index contributed by atoms with van der Waals surface area (Å²) in [6.45, 7) is 9.36. The van der Waals surface area contributed by atoms with Gasteiger partial charge in [-0.1, -0.05) is 152 Å². The molecule has 7 heteroatoms. The van der Waals surface area contributed by atoms with Gasteiger partial charge in [0.15, 0.2) is 0 Å². The highest BCUT2D eigenvalue weighted by Gasteiger charge is 2.33. The van der Waals surface area contributed by atoms with E-state index in [2.05, 4.69) is 160 Å². The highest BCUT2D eigenvalue weighted by molar-refractivity contribution is 7.27. The summed E-state index contributed by atoms with van der Waals surface area (Å²) in [7, 11) is 0. The second kappa shape index (κ2) is 13.8. The molecule has 0 saturated carbocycles. The van der Waals surface area contributed by atoms with Gasteiger partial charge in [-0.05, 0) is 51.6 Å². The summed E-state index contributed by atoms with van der Waals surface area (Å²) in [6.07, 6.45) is 3.94. The molecular weight excluding hydrogens is 867 g/mol. The van der Waals surface area contributed by atoms with Crippen LogP contribution in [0.25, 0.3) is 144 Å². The third-order valence-electron chi connectivity index (χ3n) is 14.2. The largest absolute Gasteiger partial charge is 0.317 e. The van der Waals surface area contributed by atoms with Gasteiger partial charge in [-0.15, -0.1) is 22.7 Å². The monoisotopic (exact) mass is 897 g/mol. The van der Waals surface area contributed by atoms with Crippen LogP contribution < -0.4 is 0 Å². The van der Waals surface area contributed by atoms with E-state index in [1.165, 1.54) is 30.3 Å². The molecule has 312 valence electrons. The van der Waals surface area contributed by atoms with Crippen LogP contribution in [0.15, 0.2) is 188 Å². The van der Waals surface area contributed by atoms with E-state index >= 15 is 0 Å². The fraction of sp³-hybridized carbons (Fsp3) is 0. The lowest BCUT2D eigenvalue weighted by atomic mass is 9.88. The van der Waals surface area contributed by atoms with Crippen molar-refractivity contribution >= 4 is 134 Å². The molecule has 15 rings (SSSR count). The first kappa shape index (κ1) is 37.4. The number of thiophene rings is 2. The molecule has 5 aromatic heterocycles. The number of rotatable bonds is 4. The Labute approximate surface area is 396 Å². The third-order valence-corrected chi connectivity index (χ3v) is 16.5. The van der Waals surface area contributed by atoms with Crippen molar-refractivity contribution < 1.29 is 0 Å². The van der Waals surface area contributed by atoms with E-state index in [1.807, 2.05) is 48.8 Å². The molecular formula is C61H31N5S2. The van der Waals surface area contributed by atoms with Crippen molar-refractivity contribution in [3.05, 3.63) is 205 Å².